The smallest absolute Gasteiger partial charge is 0.272 e. The summed E-state index contributed by atoms with van der Waals surface area (Å²) < 4.78 is 29.5. The van der Waals surface area contributed by atoms with Gasteiger partial charge in [-0.3, -0.25) is 4.79 Å². The zero-order chi connectivity index (χ0) is 10.0. The van der Waals surface area contributed by atoms with Gasteiger partial charge in [0.05, 0.1) is 10.7 Å². The molecule has 1 aromatic rings. The topological polar surface area (TPSA) is 42.1 Å². The van der Waals surface area contributed by atoms with E-state index in [2.05, 4.69) is 9.72 Å². The Morgan fingerprint density at radius 3 is 2.69 bits per heavy atom. The van der Waals surface area contributed by atoms with Crippen LogP contribution in [-0.4, -0.2) is 12.1 Å². The molecule has 1 aromatic heterocycles. The lowest BCUT2D eigenvalue weighted by Gasteiger charge is -2.06. The molecule has 0 aliphatic heterocycles. The predicted molar refractivity (Wildman–Crippen MR) is 51.3 cm³/mol. The van der Waals surface area contributed by atoms with Crippen molar-refractivity contribution in [1.82, 2.24) is 4.98 Å². The van der Waals surface area contributed by atoms with E-state index in [9.17, 15) is 13.6 Å². The second-order valence-electron chi connectivity index (χ2n) is 2.21. The van der Waals surface area contributed by atoms with Crippen molar-refractivity contribution in [3.05, 3.63) is 25.6 Å². The van der Waals surface area contributed by atoms with Crippen LogP contribution in [0.4, 0.5) is 8.78 Å². The third kappa shape index (κ3) is 1.98. The minimum Gasteiger partial charge on any atom is -0.482 e. The van der Waals surface area contributed by atoms with Crippen LogP contribution in [0.25, 0.3) is 0 Å². The zero-order valence-corrected chi connectivity index (χ0v) is 8.76. The number of hydrogen-bond donors (Lipinski definition) is 1. The summed E-state index contributed by atoms with van der Waals surface area (Å²) >= 11 is 1.68. The molecular weight excluding hydrogens is 295 g/mol. The first kappa shape index (κ1) is 10.4. The molecule has 0 saturated heterocycles. The number of hydrogen-bond acceptors (Lipinski definition) is 2. The molecular formula is C7H6F2INO2. The van der Waals surface area contributed by atoms with Crippen molar-refractivity contribution in [3.8, 4) is 5.88 Å². The SMILES string of the molecule is COc1[nH]cc(I)c(=O)c1C(F)F. The number of halogens is 3. The van der Waals surface area contributed by atoms with Crippen LogP contribution < -0.4 is 10.2 Å². The normalized spacial score (nSPS) is 10.5. The molecule has 0 spiro atoms. The Morgan fingerprint density at radius 1 is 1.62 bits per heavy atom. The Balaban J connectivity index is 3.42. The second kappa shape index (κ2) is 4.03. The van der Waals surface area contributed by atoms with Crippen LogP contribution in [0.15, 0.2) is 11.0 Å². The molecule has 0 aromatic carbocycles. The molecule has 0 radical (unpaired) electrons. The summed E-state index contributed by atoms with van der Waals surface area (Å²) in [5.41, 5.74) is -1.31. The van der Waals surface area contributed by atoms with Gasteiger partial charge >= 0.3 is 0 Å². The molecule has 0 fully saturated rings. The van der Waals surface area contributed by atoms with Crippen molar-refractivity contribution >= 4 is 22.6 Å². The lowest BCUT2D eigenvalue weighted by atomic mass is 10.3. The molecule has 1 heterocycles. The van der Waals surface area contributed by atoms with Gasteiger partial charge in [-0.1, -0.05) is 0 Å². The van der Waals surface area contributed by atoms with Crippen molar-refractivity contribution in [3.63, 3.8) is 0 Å². The summed E-state index contributed by atoms with van der Waals surface area (Å²) in [6, 6.07) is 0. The summed E-state index contributed by atoms with van der Waals surface area (Å²) in [5, 5.41) is 0. The van der Waals surface area contributed by atoms with E-state index in [0.717, 1.165) is 0 Å². The highest BCUT2D eigenvalue weighted by Gasteiger charge is 2.19. The number of methoxy groups -OCH3 is 1. The van der Waals surface area contributed by atoms with Gasteiger partial charge in [-0.2, -0.15) is 0 Å². The van der Waals surface area contributed by atoms with Gasteiger partial charge in [0.15, 0.2) is 0 Å². The molecule has 0 bridgehead atoms. The van der Waals surface area contributed by atoms with E-state index < -0.39 is 17.4 Å². The highest BCUT2D eigenvalue weighted by Crippen LogP contribution is 2.23. The minimum atomic E-state index is -2.83. The maximum absolute atomic E-state index is 12.4. The average molecular weight is 301 g/mol. The van der Waals surface area contributed by atoms with E-state index in [0.29, 0.717) is 0 Å². The molecule has 0 atom stereocenters. The Bertz CT molecular complexity index is 364. The van der Waals surface area contributed by atoms with Gasteiger partial charge in [-0.15, -0.1) is 0 Å². The predicted octanol–water partition coefficient (Wildman–Crippen LogP) is 1.93. The number of nitrogens with one attached hydrogen (secondary N) is 1. The molecule has 0 unspecified atom stereocenters. The van der Waals surface area contributed by atoms with E-state index in [1.165, 1.54) is 13.3 Å². The molecule has 0 aliphatic rings. The number of aromatic amines is 1. The first-order valence-corrected chi connectivity index (χ1v) is 4.39. The fraction of sp³-hybridized carbons (Fsp3) is 0.286. The number of rotatable bonds is 2. The highest BCUT2D eigenvalue weighted by molar-refractivity contribution is 14.1. The summed E-state index contributed by atoms with van der Waals surface area (Å²) in [6.07, 6.45) is -1.50. The third-order valence-electron chi connectivity index (χ3n) is 1.46. The quantitative estimate of drug-likeness (QED) is 0.848. The Morgan fingerprint density at radius 2 is 2.23 bits per heavy atom. The average Bonchev–Trinajstić information content (AvgIpc) is 2.08. The van der Waals surface area contributed by atoms with Gasteiger partial charge in [0.1, 0.15) is 5.56 Å². The molecule has 1 rings (SSSR count). The van der Waals surface area contributed by atoms with Crippen LogP contribution in [0.2, 0.25) is 0 Å². The molecule has 0 aliphatic carbocycles. The first-order valence-electron chi connectivity index (χ1n) is 3.31. The molecule has 72 valence electrons. The Hall–Kier alpha value is -0.660. The monoisotopic (exact) mass is 301 g/mol. The minimum absolute atomic E-state index is 0.180. The standard InChI is InChI=1S/C7H6F2INO2/c1-13-7-4(6(8)9)5(12)3(10)2-11-7/h2,6H,1H3,(H,11,12). The molecule has 13 heavy (non-hydrogen) atoms. The fourth-order valence-electron chi connectivity index (χ4n) is 0.871. The van der Waals surface area contributed by atoms with Crippen LogP contribution in [0.1, 0.15) is 12.0 Å². The maximum Gasteiger partial charge on any atom is 0.272 e. The molecule has 6 heteroatoms. The molecule has 0 saturated carbocycles. The number of H-pyrrole nitrogens is 1. The van der Waals surface area contributed by atoms with Gasteiger partial charge < -0.3 is 9.72 Å². The summed E-state index contributed by atoms with van der Waals surface area (Å²) in [7, 11) is 1.23. The molecule has 1 N–H and O–H groups in total. The summed E-state index contributed by atoms with van der Waals surface area (Å²) in [5.74, 6) is -0.180. The van der Waals surface area contributed by atoms with Crippen molar-refractivity contribution in [1.29, 1.82) is 0 Å². The lowest BCUT2D eigenvalue weighted by Crippen LogP contribution is -2.15. The van der Waals surface area contributed by atoms with Crippen LogP contribution >= 0.6 is 22.6 Å². The summed E-state index contributed by atoms with van der Waals surface area (Å²) in [4.78, 5) is 13.7. The van der Waals surface area contributed by atoms with Crippen molar-refractivity contribution in [2.75, 3.05) is 7.11 Å². The zero-order valence-electron chi connectivity index (χ0n) is 6.61. The van der Waals surface area contributed by atoms with Crippen LogP contribution in [0, 0.1) is 3.57 Å². The van der Waals surface area contributed by atoms with Crippen molar-refractivity contribution < 1.29 is 13.5 Å². The first-order chi connectivity index (χ1) is 6.07. The van der Waals surface area contributed by atoms with Gasteiger partial charge in [-0.05, 0) is 22.6 Å². The maximum atomic E-state index is 12.4. The van der Waals surface area contributed by atoms with E-state index in [1.54, 1.807) is 22.6 Å². The van der Waals surface area contributed by atoms with Crippen LogP contribution in [-0.2, 0) is 0 Å². The highest BCUT2D eigenvalue weighted by atomic mass is 127. The van der Waals surface area contributed by atoms with E-state index in [1.807, 2.05) is 0 Å². The van der Waals surface area contributed by atoms with E-state index in [4.69, 9.17) is 0 Å². The third-order valence-corrected chi connectivity index (χ3v) is 2.26. The van der Waals surface area contributed by atoms with Gasteiger partial charge in [0.2, 0.25) is 11.3 Å². The van der Waals surface area contributed by atoms with E-state index >= 15 is 0 Å². The molecule has 0 amide bonds. The summed E-state index contributed by atoms with van der Waals surface area (Å²) in [6.45, 7) is 0. The Labute approximate surface area is 86.2 Å². The van der Waals surface area contributed by atoms with E-state index in [-0.39, 0.29) is 9.45 Å². The lowest BCUT2D eigenvalue weighted by molar-refractivity contribution is 0.144. The van der Waals surface area contributed by atoms with Crippen molar-refractivity contribution in [2.45, 2.75) is 6.43 Å². The number of ether oxygens (including phenoxy) is 1. The largest absolute Gasteiger partial charge is 0.482 e. The number of alkyl halides is 2. The van der Waals surface area contributed by atoms with Crippen molar-refractivity contribution in [2.24, 2.45) is 0 Å². The number of pyridine rings is 1. The van der Waals surface area contributed by atoms with Gasteiger partial charge in [-0.25, -0.2) is 8.78 Å². The fourth-order valence-corrected chi connectivity index (χ4v) is 1.32. The number of aromatic nitrogens is 1. The van der Waals surface area contributed by atoms with Crippen LogP contribution in [0.3, 0.4) is 0 Å². The Kier molecular flexibility index (Phi) is 3.23. The molecule has 3 nitrogen and oxygen atoms in total. The van der Waals surface area contributed by atoms with Crippen LogP contribution in [0.5, 0.6) is 5.88 Å². The van der Waals surface area contributed by atoms with Gasteiger partial charge in [0, 0.05) is 6.20 Å². The second-order valence-corrected chi connectivity index (χ2v) is 3.38. The van der Waals surface area contributed by atoms with Gasteiger partial charge in [0.25, 0.3) is 6.43 Å².